The van der Waals surface area contributed by atoms with Gasteiger partial charge in [0, 0.05) is 67.4 Å². The zero-order valence-corrected chi connectivity index (χ0v) is 20.0. The molecule has 0 atom stereocenters. The molecule has 0 aliphatic heterocycles. The molecule has 0 radical (unpaired) electrons. The smallest absolute Gasteiger partial charge is 0.250 e. The molecule has 3 N–H and O–H groups in total. The van der Waals surface area contributed by atoms with E-state index in [1.807, 2.05) is 25.4 Å². The van der Waals surface area contributed by atoms with Gasteiger partial charge in [0.2, 0.25) is 0 Å². The molecule has 9 nitrogen and oxygen atoms in total. The quantitative estimate of drug-likeness (QED) is 0.357. The third kappa shape index (κ3) is 4.23. The highest BCUT2D eigenvalue weighted by molar-refractivity contribution is 6.01. The first-order valence-electron chi connectivity index (χ1n) is 11.7. The largest absolute Gasteiger partial charge is 0.366 e. The molecule has 180 valence electrons. The van der Waals surface area contributed by atoms with Gasteiger partial charge in [-0.25, -0.2) is 9.97 Å². The number of carbonyl (C=O) groups excluding carboxylic acids is 1. The van der Waals surface area contributed by atoms with Gasteiger partial charge in [-0.15, -0.1) is 0 Å². The van der Waals surface area contributed by atoms with Gasteiger partial charge in [-0.3, -0.25) is 19.7 Å². The van der Waals surface area contributed by atoms with Gasteiger partial charge in [-0.05, 0) is 46.8 Å². The molecule has 0 aliphatic rings. The normalized spacial score (nSPS) is 11.2. The number of fused-ring (bicyclic) bond motifs is 2. The number of hydrogen-bond acceptors (Lipinski definition) is 7. The number of primary amides is 1. The fourth-order valence-corrected chi connectivity index (χ4v) is 4.54. The minimum atomic E-state index is -0.551. The third-order valence-electron chi connectivity index (χ3n) is 6.32. The van der Waals surface area contributed by atoms with E-state index in [-0.39, 0.29) is 0 Å². The highest BCUT2D eigenvalue weighted by Gasteiger charge is 2.17. The Bertz CT molecular complexity index is 1780. The summed E-state index contributed by atoms with van der Waals surface area (Å²) >= 11 is 0. The summed E-state index contributed by atoms with van der Waals surface area (Å²) in [7, 11) is 2.02. The van der Waals surface area contributed by atoms with Crippen LogP contribution in [0.25, 0.3) is 33.1 Å². The number of benzene rings is 2. The van der Waals surface area contributed by atoms with E-state index in [0.29, 0.717) is 23.4 Å². The van der Waals surface area contributed by atoms with E-state index in [0.717, 1.165) is 44.3 Å². The fraction of sp³-hybridized carbons (Fsp3) is 0.0714. The number of nitrogens with zero attached hydrogens (tertiary/aromatic N) is 6. The van der Waals surface area contributed by atoms with Crippen LogP contribution in [0.15, 0.2) is 86.0 Å². The summed E-state index contributed by atoms with van der Waals surface area (Å²) in [5.74, 6) is -0.551. The number of pyridine rings is 1. The lowest BCUT2D eigenvalue weighted by Crippen LogP contribution is -2.15. The second-order valence-corrected chi connectivity index (χ2v) is 8.74. The van der Waals surface area contributed by atoms with Crippen LogP contribution in [0.3, 0.4) is 0 Å². The van der Waals surface area contributed by atoms with Crippen molar-refractivity contribution in [1.29, 1.82) is 0 Å². The zero-order valence-electron chi connectivity index (χ0n) is 20.0. The standard InChI is InChI=1S/C28H22N8O/c1-36-9-5-18-2-3-19(11-25(18)36)22-12-20(13-24-26(22)34-8-7-33-24)35-27-21(28(29)37)4-6-32-23(27)10-17-14-30-16-31-15-17/h2-9,11-16,35H,10H2,1H3,(H2,29,37). The van der Waals surface area contributed by atoms with Gasteiger partial charge >= 0.3 is 0 Å². The van der Waals surface area contributed by atoms with Crippen molar-refractivity contribution in [3.05, 3.63) is 103 Å². The predicted molar refractivity (Wildman–Crippen MR) is 142 cm³/mol. The summed E-state index contributed by atoms with van der Waals surface area (Å²) < 4.78 is 2.09. The SMILES string of the molecule is Cn1ccc2ccc(-c3cc(Nc4c(C(N)=O)ccnc4Cc4cncnc4)cc4nccnc34)cc21. The lowest BCUT2D eigenvalue weighted by molar-refractivity contribution is 0.100. The van der Waals surface area contributed by atoms with Crippen molar-refractivity contribution in [2.75, 3.05) is 5.32 Å². The summed E-state index contributed by atoms with van der Waals surface area (Å²) in [6.45, 7) is 0. The highest BCUT2D eigenvalue weighted by Crippen LogP contribution is 2.34. The maximum atomic E-state index is 12.4. The van der Waals surface area contributed by atoms with Crippen LogP contribution in [0.1, 0.15) is 21.6 Å². The van der Waals surface area contributed by atoms with Crippen LogP contribution in [-0.2, 0) is 13.5 Å². The average Bonchev–Trinajstić information content (AvgIpc) is 3.29. The van der Waals surface area contributed by atoms with E-state index in [1.54, 1.807) is 37.1 Å². The number of nitrogens with one attached hydrogen (secondary N) is 1. The fourth-order valence-electron chi connectivity index (χ4n) is 4.54. The number of carbonyl (C=O) groups is 1. The van der Waals surface area contributed by atoms with Crippen LogP contribution in [0, 0.1) is 0 Å². The lowest BCUT2D eigenvalue weighted by Gasteiger charge is -2.16. The van der Waals surface area contributed by atoms with Gasteiger partial charge in [-0.2, -0.15) is 0 Å². The molecule has 0 saturated carbocycles. The summed E-state index contributed by atoms with van der Waals surface area (Å²) in [5, 5.41) is 4.57. The number of hydrogen-bond donors (Lipinski definition) is 2. The number of amides is 1. The Kier molecular flexibility index (Phi) is 5.49. The first-order valence-corrected chi connectivity index (χ1v) is 11.7. The Balaban J connectivity index is 1.49. The van der Waals surface area contributed by atoms with Gasteiger partial charge in [0.25, 0.3) is 5.91 Å². The van der Waals surface area contributed by atoms with E-state index in [2.05, 4.69) is 59.1 Å². The molecule has 0 spiro atoms. The molecular formula is C28H22N8O. The number of anilines is 2. The third-order valence-corrected chi connectivity index (χ3v) is 6.32. The molecule has 2 aromatic carbocycles. The first kappa shape index (κ1) is 22.3. The summed E-state index contributed by atoms with van der Waals surface area (Å²) in [5.41, 5.74) is 13.4. The summed E-state index contributed by atoms with van der Waals surface area (Å²) in [6.07, 6.45) is 12.3. The van der Waals surface area contributed by atoms with Gasteiger partial charge in [-0.1, -0.05) is 12.1 Å². The molecule has 0 fully saturated rings. The van der Waals surface area contributed by atoms with Crippen LogP contribution in [0.2, 0.25) is 0 Å². The van der Waals surface area contributed by atoms with Gasteiger partial charge in [0.1, 0.15) is 6.33 Å². The molecule has 0 bridgehead atoms. The highest BCUT2D eigenvalue weighted by atomic mass is 16.1. The molecule has 9 heteroatoms. The van der Waals surface area contributed by atoms with E-state index in [1.165, 1.54) is 6.33 Å². The second kappa shape index (κ2) is 9.12. The van der Waals surface area contributed by atoms with Crippen molar-refractivity contribution in [2.45, 2.75) is 6.42 Å². The van der Waals surface area contributed by atoms with Crippen molar-refractivity contribution in [1.82, 2.24) is 29.5 Å². The van der Waals surface area contributed by atoms with E-state index < -0.39 is 5.91 Å². The molecule has 37 heavy (non-hydrogen) atoms. The maximum absolute atomic E-state index is 12.4. The van der Waals surface area contributed by atoms with Gasteiger partial charge < -0.3 is 15.6 Å². The molecule has 0 saturated heterocycles. The monoisotopic (exact) mass is 486 g/mol. The number of aromatic nitrogens is 6. The molecule has 0 aliphatic carbocycles. The Morgan fingerprint density at radius 1 is 0.973 bits per heavy atom. The number of nitrogens with two attached hydrogens (primary N) is 1. The van der Waals surface area contributed by atoms with Crippen molar-refractivity contribution in [3.63, 3.8) is 0 Å². The minimum Gasteiger partial charge on any atom is -0.366 e. The predicted octanol–water partition coefficient (Wildman–Crippen LogP) is 4.41. The Morgan fingerprint density at radius 2 is 1.81 bits per heavy atom. The molecule has 4 heterocycles. The summed E-state index contributed by atoms with van der Waals surface area (Å²) in [4.78, 5) is 34.2. The molecule has 1 amide bonds. The number of aryl methyl sites for hydroxylation is 1. The van der Waals surface area contributed by atoms with Crippen molar-refractivity contribution in [3.8, 4) is 11.1 Å². The van der Waals surface area contributed by atoms with Crippen LogP contribution in [0.4, 0.5) is 11.4 Å². The molecule has 6 rings (SSSR count). The molecule has 4 aromatic heterocycles. The van der Waals surface area contributed by atoms with Crippen LogP contribution in [-0.4, -0.2) is 35.4 Å². The van der Waals surface area contributed by atoms with E-state index in [4.69, 9.17) is 5.73 Å². The first-order chi connectivity index (χ1) is 18.1. The van der Waals surface area contributed by atoms with Crippen molar-refractivity contribution < 1.29 is 4.79 Å². The Labute approximate surface area is 212 Å². The van der Waals surface area contributed by atoms with Crippen LogP contribution >= 0.6 is 0 Å². The van der Waals surface area contributed by atoms with Crippen LogP contribution < -0.4 is 11.1 Å². The van der Waals surface area contributed by atoms with Crippen molar-refractivity contribution >= 4 is 39.2 Å². The maximum Gasteiger partial charge on any atom is 0.250 e. The second-order valence-electron chi connectivity index (χ2n) is 8.74. The molecule has 6 aromatic rings. The number of rotatable bonds is 6. The molecule has 0 unspecified atom stereocenters. The Hall–Kier alpha value is -5.18. The topological polar surface area (TPSA) is 124 Å². The average molecular weight is 487 g/mol. The van der Waals surface area contributed by atoms with E-state index >= 15 is 0 Å². The zero-order chi connectivity index (χ0) is 25.4. The minimum absolute atomic E-state index is 0.341. The summed E-state index contributed by atoms with van der Waals surface area (Å²) in [6, 6.07) is 13.9. The van der Waals surface area contributed by atoms with E-state index in [9.17, 15) is 4.79 Å². The van der Waals surface area contributed by atoms with Gasteiger partial charge in [0.15, 0.2) is 0 Å². The van der Waals surface area contributed by atoms with Crippen molar-refractivity contribution in [2.24, 2.45) is 12.8 Å². The Morgan fingerprint density at radius 3 is 2.65 bits per heavy atom. The van der Waals surface area contributed by atoms with Gasteiger partial charge in [0.05, 0.1) is 28.0 Å². The molecular weight excluding hydrogens is 464 g/mol. The van der Waals surface area contributed by atoms with Crippen LogP contribution in [0.5, 0.6) is 0 Å². The lowest BCUT2D eigenvalue weighted by atomic mass is 10.0.